The Labute approximate surface area is 202 Å². The van der Waals surface area contributed by atoms with Crippen molar-refractivity contribution in [2.24, 2.45) is 4.99 Å². The zero-order valence-corrected chi connectivity index (χ0v) is 21.1. The molecule has 188 valence electrons. The number of sulfone groups is 1. The number of aliphatic imine (C=N–C) groups is 1. The summed E-state index contributed by atoms with van der Waals surface area (Å²) >= 11 is 1.08. The number of hydrogen-bond donors (Lipinski definition) is 1. The van der Waals surface area contributed by atoms with Gasteiger partial charge in [0, 0.05) is 21.3 Å². The van der Waals surface area contributed by atoms with E-state index < -0.39 is 57.3 Å². The Morgan fingerprint density at radius 3 is 2.32 bits per heavy atom. The Bertz CT molecular complexity index is 1050. The van der Waals surface area contributed by atoms with Crippen LogP contribution in [0.1, 0.15) is 13.8 Å². The molecule has 0 bridgehead atoms. The minimum atomic E-state index is -3.73. The predicted molar refractivity (Wildman–Crippen MR) is 122 cm³/mol. The number of nitrogens with one attached hydrogen (secondary N) is 1. The Balaban J connectivity index is 1.68. The van der Waals surface area contributed by atoms with Crippen LogP contribution in [-0.4, -0.2) is 88.1 Å². The maximum Gasteiger partial charge on any atom is 0.414 e. The topological polar surface area (TPSA) is 131 Å². The van der Waals surface area contributed by atoms with Crippen molar-refractivity contribution >= 4 is 32.9 Å². The van der Waals surface area contributed by atoms with Gasteiger partial charge < -0.3 is 33.7 Å². The molecular weight excluding hydrogens is 488 g/mol. The molecule has 0 spiro atoms. The number of nitrogens with zero attached hydrogens (tertiary/aromatic N) is 1. The smallest absolute Gasteiger partial charge is 0.385 e. The third-order valence-electron chi connectivity index (χ3n) is 6.28. The van der Waals surface area contributed by atoms with Crippen LogP contribution in [0.25, 0.3) is 0 Å². The fourth-order valence-electron chi connectivity index (χ4n) is 4.11. The Morgan fingerprint density at radius 2 is 1.74 bits per heavy atom. The largest absolute Gasteiger partial charge is 0.414 e. The van der Waals surface area contributed by atoms with Gasteiger partial charge in [0.2, 0.25) is 11.6 Å². The summed E-state index contributed by atoms with van der Waals surface area (Å²) < 4.78 is 61.6. The van der Waals surface area contributed by atoms with Crippen LogP contribution in [0.3, 0.4) is 0 Å². The zero-order valence-electron chi connectivity index (χ0n) is 19.4. The fourth-order valence-corrected chi connectivity index (χ4v) is 6.63. The van der Waals surface area contributed by atoms with E-state index in [1.54, 1.807) is 32.0 Å². The molecule has 0 saturated carbocycles. The number of hydrogen-bond acceptors (Lipinski definition) is 11. The van der Waals surface area contributed by atoms with Crippen molar-refractivity contribution < 1.29 is 41.6 Å². The molecule has 0 radical (unpaired) electrons. The summed E-state index contributed by atoms with van der Waals surface area (Å²) in [6.45, 7) is 3.31. The Morgan fingerprint density at radius 1 is 1.12 bits per heavy atom. The third kappa shape index (κ3) is 4.45. The van der Waals surface area contributed by atoms with Crippen molar-refractivity contribution in [3.63, 3.8) is 0 Å². The molecule has 4 rings (SSSR count). The monoisotopic (exact) mass is 516 g/mol. The number of amides is 1. The van der Waals surface area contributed by atoms with E-state index in [1.165, 1.54) is 33.4 Å². The summed E-state index contributed by atoms with van der Waals surface area (Å²) in [5, 5.41) is 2.45. The third-order valence-corrected chi connectivity index (χ3v) is 9.05. The second kappa shape index (κ2) is 9.37. The first kappa shape index (κ1) is 25.4. The van der Waals surface area contributed by atoms with Crippen LogP contribution in [0.4, 0.5) is 4.79 Å². The van der Waals surface area contributed by atoms with Crippen LogP contribution < -0.4 is 5.32 Å². The summed E-state index contributed by atoms with van der Waals surface area (Å²) in [5.74, 6) is -3.07. The lowest BCUT2D eigenvalue weighted by Crippen LogP contribution is -2.72. The van der Waals surface area contributed by atoms with Crippen LogP contribution >= 0.6 is 11.8 Å². The summed E-state index contributed by atoms with van der Waals surface area (Å²) in [7, 11) is 0.609. The van der Waals surface area contributed by atoms with Crippen molar-refractivity contribution in [1.29, 1.82) is 0 Å². The molecule has 3 aliphatic rings. The normalized spacial score (nSPS) is 37.3. The van der Waals surface area contributed by atoms with E-state index in [0.717, 1.165) is 11.8 Å². The van der Waals surface area contributed by atoms with Gasteiger partial charge in [-0.2, -0.15) is 0 Å². The molecule has 2 fully saturated rings. The van der Waals surface area contributed by atoms with Gasteiger partial charge in [0.1, 0.15) is 29.8 Å². The summed E-state index contributed by atoms with van der Waals surface area (Å²) in [5.41, 5.74) is -0.659. The van der Waals surface area contributed by atoms with Crippen molar-refractivity contribution in [3.8, 4) is 0 Å². The number of ether oxygens (including phenoxy) is 6. The lowest BCUT2D eigenvalue weighted by Gasteiger charge is -2.56. The maximum atomic E-state index is 13.2. The zero-order chi connectivity index (χ0) is 24.7. The summed E-state index contributed by atoms with van der Waals surface area (Å²) in [4.78, 5) is 16.3. The van der Waals surface area contributed by atoms with Gasteiger partial charge in [-0.15, -0.1) is 0 Å². The van der Waals surface area contributed by atoms with Crippen LogP contribution in [0.15, 0.2) is 40.2 Å². The van der Waals surface area contributed by atoms with Crippen molar-refractivity contribution in [2.75, 3.05) is 27.0 Å². The van der Waals surface area contributed by atoms with Crippen LogP contribution in [0, 0.1) is 0 Å². The van der Waals surface area contributed by atoms with Crippen LogP contribution in [-0.2, 0) is 38.3 Å². The highest BCUT2D eigenvalue weighted by atomic mass is 32.2. The first-order chi connectivity index (χ1) is 16.1. The first-order valence-electron chi connectivity index (χ1n) is 10.6. The minimum absolute atomic E-state index is 0.0856. The Kier molecular flexibility index (Phi) is 6.99. The highest BCUT2D eigenvalue weighted by Gasteiger charge is 2.64. The molecule has 1 amide bonds. The van der Waals surface area contributed by atoms with E-state index in [9.17, 15) is 13.2 Å². The van der Waals surface area contributed by atoms with Gasteiger partial charge in [0.15, 0.2) is 9.84 Å². The number of alkyl carbamates (subject to hydrolysis) is 1. The molecule has 0 aliphatic carbocycles. The summed E-state index contributed by atoms with van der Waals surface area (Å²) in [6, 6.07) is 7.47. The second-order valence-corrected chi connectivity index (χ2v) is 11.3. The molecule has 13 heteroatoms. The number of benzene rings is 1. The van der Waals surface area contributed by atoms with E-state index in [4.69, 9.17) is 28.4 Å². The first-order valence-corrected chi connectivity index (χ1v) is 13.1. The van der Waals surface area contributed by atoms with E-state index in [2.05, 4.69) is 10.3 Å². The molecule has 1 N–H and O–H groups in total. The van der Waals surface area contributed by atoms with Crippen molar-refractivity contribution in [1.82, 2.24) is 5.32 Å². The molecule has 3 aliphatic heterocycles. The lowest BCUT2D eigenvalue weighted by molar-refractivity contribution is -0.462. The van der Waals surface area contributed by atoms with E-state index in [-0.39, 0.29) is 15.9 Å². The van der Waals surface area contributed by atoms with Gasteiger partial charge in [-0.3, -0.25) is 0 Å². The molecule has 1 aromatic carbocycles. The van der Waals surface area contributed by atoms with E-state index in [1.807, 2.05) is 0 Å². The van der Waals surface area contributed by atoms with Crippen LogP contribution in [0.5, 0.6) is 0 Å². The standard InChI is InChI=1S/C21H28N2O9S2/c1-20(27-4)21(2,28-5)32-16-14-17(33-19(23-14)30-18(24)22-3)29-13(15(16)31-20)11-34(25,26)12-9-7-6-8-10-12/h6-10,13-17H,11H2,1-5H3,(H,22,24)/t13-,14-,15-,16-,17-,20+,21+/m1/s1. The quantitative estimate of drug-likeness (QED) is 0.614. The van der Waals surface area contributed by atoms with Crippen molar-refractivity contribution in [2.45, 2.75) is 60.1 Å². The Hall–Kier alpha value is -1.74. The van der Waals surface area contributed by atoms with Gasteiger partial charge >= 0.3 is 6.09 Å². The molecule has 0 unspecified atom stereocenters. The molecule has 3 heterocycles. The fraction of sp³-hybridized carbons (Fsp3) is 0.619. The SMILES string of the molecule is CNC(=O)OC1=N[C@@H]2[C@H]3O[C@](C)(OC)[C@@](C)(OC)O[C@@H]3[C@@H](CS(=O)(=O)c3ccccc3)O[C@@H]2S1. The average molecular weight is 517 g/mol. The highest BCUT2D eigenvalue weighted by Crippen LogP contribution is 2.48. The molecule has 34 heavy (non-hydrogen) atoms. The molecule has 11 nitrogen and oxygen atoms in total. The summed E-state index contributed by atoms with van der Waals surface area (Å²) in [6.07, 6.45) is -3.23. The van der Waals surface area contributed by atoms with Gasteiger partial charge in [-0.25, -0.2) is 18.2 Å². The lowest BCUT2D eigenvalue weighted by atomic mass is 9.94. The van der Waals surface area contributed by atoms with Crippen molar-refractivity contribution in [3.05, 3.63) is 30.3 Å². The molecule has 7 atom stereocenters. The number of carbonyl (C=O) groups is 1. The number of rotatable bonds is 5. The molecular formula is C21H28N2O9S2. The van der Waals surface area contributed by atoms with Gasteiger partial charge in [0.05, 0.1) is 10.6 Å². The maximum absolute atomic E-state index is 13.2. The highest BCUT2D eigenvalue weighted by molar-refractivity contribution is 8.14. The van der Waals surface area contributed by atoms with Gasteiger partial charge in [-0.05, 0) is 37.7 Å². The molecule has 0 aromatic heterocycles. The van der Waals surface area contributed by atoms with Gasteiger partial charge in [-0.1, -0.05) is 18.2 Å². The molecule has 2 saturated heterocycles. The second-order valence-electron chi connectivity index (χ2n) is 8.24. The minimum Gasteiger partial charge on any atom is -0.385 e. The molecule has 1 aromatic rings. The van der Waals surface area contributed by atoms with Gasteiger partial charge in [0.25, 0.3) is 5.23 Å². The number of fused-ring (bicyclic) bond motifs is 3. The number of methoxy groups -OCH3 is 2. The number of thioether (sulfide) groups is 1. The number of carbonyl (C=O) groups excluding carboxylic acids is 1. The van der Waals surface area contributed by atoms with E-state index in [0.29, 0.717) is 0 Å². The van der Waals surface area contributed by atoms with Crippen LogP contribution in [0.2, 0.25) is 0 Å². The average Bonchev–Trinajstić information content (AvgIpc) is 3.22. The predicted octanol–water partition coefficient (Wildman–Crippen LogP) is 1.52. The van der Waals surface area contributed by atoms with E-state index >= 15 is 0 Å².